The zero-order chi connectivity index (χ0) is 38.3. The molecule has 0 heterocycles. The standard InChI is InChI=1S/C12H22N2O4.C8H18N2O2.C7H14N2O2.C4H5ClO2/c1-6-7-17-11(16)14-9(2)8-13-10(15)18-12(3,4)5;1-6(9)5-10-7(11)12-8(2,3)4;1-3-4-11-7(10)9-6(2)5-8;1-2-3-7-4(5)6/h6,9H,1,7-8H2,2-5H3,(H,13,15)(H,14,16);6H,5,9H2,1-4H3,(H,10,11);3,6H,1,4-5,8H2,2H3,(H,9,10);2H,1,3H2. The van der Waals surface area contributed by atoms with Gasteiger partial charge in [0.25, 0.3) is 0 Å². The quantitative estimate of drug-likeness (QED) is 0.0883. The van der Waals surface area contributed by atoms with Gasteiger partial charge in [-0.3, -0.25) is 0 Å². The van der Waals surface area contributed by atoms with Gasteiger partial charge in [0.05, 0.1) is 0 Å². The van der Waals surface area contributed by atoms with Gasteiger partial charge in [0.15, 0.2) is 0 Å². The van der Waals surface area contributed by atoms with Crippen molar-refractivity contribution in [2.24, 2.45) is 11.5 Å². The number of carbonyl (C=O) groups is 5. The highest BCUT2D eigenvalue weighted by atomic mass is 35.5. The van der Waals surface area contributed by atoms with Crippen LogP contribution in [0.1, 0.15) is 62.3 Å². The summed E-state index contributed by atoms with van der Waals surface area (Å²) in [6.07, 6.45) is 2.49. The summed E-state index contributed by atoms with van der Waals surface area (Å²) in [5, 5.41) is 10.2. The van der Waals surface area contributed by atoms with Gasteiger partial charge in [0.2, 0.25) is 0 Å². The lowest BCUT2D eigenvalue weighted by Crippen LogP contribution is -2.43. The Bertz CT molecular complexity index is 953. The van der Waals surface area contributed by atoms with Crippen molar-refractivity contribution in [3.63, 3.8) is 0 Å². The molecule has 3 atom stereocenters. The van der Waals surface area contributed by atoms with E-state index < -0.39 is 41.0 Å². The minimum Gasteiger partial charge on any atom is -0.449 e. The topological polar surface area (TPSA) is 232 Å². The van der Waals surface area contributed by atoms with Crippen LogP contribution < -0.4 is 32.7 Å². The van der Waals surface area contributed by atoms with Crippen LogP contribution in [0.2, 0.25) is 0 Å². The van der Waals surface area contributed by atoms with Crippen LogP contribution in [0.3, 0.4) is 0 Å². The number of carbonyl (C=O) groups excluding carboxylic acids is 5. The van der Waals surface area contributed by atoms with Crippen LogP contribution in [-0.2, 0) is 23.7 Å². The second kappa shape index (κ2) is 30.3. The maximum atomic E-state index is 11.3. The van der Waals surface area contributed by atoms with E-state index in [4.69, 9.17) is 37.3 Å². The van der Waals surface area contributed by atoms with E-state index in [-0.39, 0.29) is 44.5 Å². The molecule has 4 amide bonds. The number of amides is 4. The number of nitrogens with one attached hydrogen (secondary N) is 4. The maximum Gasteiger partial charge on any atom is 0.407 e. The number of halogens is 1. The van der Waals surface area contributed by atoms with Gasteiger partial charge in [-0.1, -0.05) is 38.0 Å². The van der Waals surface area contributed by atoms with Crippen LogP contribution in [0.25, 0.3) is 0 Å². The van der Waals surface area contributed by atoms with Crippen LogP contribution in [0.15, 0.2) is 38.0 Å². The Morgan fingerprint density at radius 2 is 1.02 bits per heavy atom. The fourth-order valence-electron chi connectivity index (χ4n) is 2.10. The first-order valence-electron chi connectivity index (χ1n) is 14.9. The van der Waals surface area contributed by atoms with Crippen LogP contribution in [0.4, 0.5) is 24.0 Å². The lowest BCUT2D eigenvalue weighted by molar-refractivity contribution is 0.0512. The summed E-state index contributed by atoms with van der Waals surface area (Å²) < 4.78 is 23.6. The number of rotatable bonds is 13. The van der Waals surface area contributed by atoms with Crippen molar-refractivity contribution in [3.05, 3.63) is 38.0 Å². The normalized spacial score (nSPS) is 11.8. The molecule has 280 valence electrons. The lowest BCUT2D eigenvalue weighted by atomic mass is 10.2. The number of hydrogen-bond acceptors (Lipinski definition) is 12. The summed E-state index contributed by atoms with van der Waals surface area (Å²) in [5.41, 5.74) is 8.92. The highest BCUT2D eigenvalue weighted by molar-refractivity contribution is 6.61. The molecule has 3 unspecified atom stereocenters. The molecule has 0 spiro atoms. The Hall–Kier alpha value is -4.02. The zero-order valence-electron chi connectivity index (χ0n) is 29.9. The van der Waals surface area contributed by atoms with E-state index in [0.29, 0.717) is 13.1 Å². The van der Waals surface area contributed by atoms with E-state index in [1.54, 1.807) is 34.6 Å². The lowest BCUT2D eigenvalue weighted by Gasteiger charge is -2.21. The maximum absolute atomic E-state index is 11.3. The molecule has 17 heteroatoms. The van der Waals surface area contributed by atoms with Gasteiger partial charge in [-0.05, 0) is 62.3 Å². The largest absolute Gasteiger partial charge is 0.449 e. The smallest absolute Gasteiger partial charge is 0.407 e. The van der Waals surface area contributed by atoms with E-state index in [9.17, 15) is 24.0 Å². The minimum atomic E-state index is -0.792. The summed E-state index contributed by atoms with van der Waals surface area (Å²) in [6, 6.07) is -0.348. The van der Waals surface area contributed by atoms with E-state index in [1.807, 2.05) is 27.7 Å². The Balaban J connectivity index is -0.000000284. The van der Waals surface area contributed by atoms with Crippen LogP contribution in [0, 0.1) is 0 Å². The molecular weight excluding hydrogens is 652 g/mol. The number of ether oxygens (including phenoxy) is 5. The second-order valence-electron chi connectivity index (χ2n) is 11.7. The highest BCUT2D eigenvalue weighted by Gasteiger charge is 2.17. The second-order valence-corrected chi connectivity index (χ2v) is 12.0. The molecule has 48 heavy (non-hydrogen) atoms. The SMILES string of the molecule is C=CCOC(=O)Cl.C=CCOC(=O)NC(C)CN.C=CCOC(=O)NC(C)CNC(=O)OC(C)(C)C.CC(N)CNC(=O)OC(C)(C)C. The third-order valence-electron chi connectivity index (χ3n) is 3.98. The molecule has 0 aliphatic heterocycles. The van der Waals surface area contributed by atoms with Crippen LogP contribution in [0.5, 0.6) is 0 Å². The van der Waals surface area contributed by atoms with Crippen molar-refractivity contribution in [2.75, 3.05) is 39.5 Å². The Kier molecular flexibility index (Phi) is 32.1. The van der Waals surface area contributed by atoms with Gasteiger partial charge in [-0.2, -0.15) is 0 Å². The van der Waals surface area contributed by atoms with E-state index >= 15 is 0 Å². The van der Waals surface area contributed by atoms with Crippen molar-refractivity contribution in [2.45, 2.75) is 91.6 Å². The molecule has 0 aliphatic rings. The average molecular weight is 711 g/mol. The monoisotopic (exact) mass is 710 g/mol. The van der Waals surface area contributed by atoms with Gasteiger partial charge >= 0.3 is 29.8 Å². The molecule has 0 saturated heterocycles. The summed E-state index contributed by atoms with van der Waals surface area (Å²) in [6.45, 7) is 27.9. The molecule has 0 fully saturated rings. The first-order chi connectivity index (χ1) is 22.0. The molecule has 16 nitrogen and oxygen atoms in total. The summed E-state index contributed by atoms with van der Waals surface area (Å²) in [4.78, 5) is 53.9. The molecule has 0 bridgehead atoms. The third kappa shape index (κ3) is 48.9. The zero-order valence-corrected chi connectivity index (χ0v) is 30.7. The summed E-state index contributed by atoms with van der Waals surface area (Å²) in [7, 11) is 0. The first kappa shape index (κ1) is 50.8. The van der Waals surface area contributed by atoms with Gasteiger partial charge in [-0.15, -0.1) is 0 Å². The molecule has 0 saturated carbocycles. The average Bonchev–Trinajstić information content (AvgIpc) is 2.95. The van der Waals surface area contributed by atoms with Crippen LogP contribution in [-0.4, -0.2) is 98.6 Å². The Morgan fingerprint density at radius 3 is 1.31 bits per heavy atom. The highest BCUT2D eigenvalue weighted by Crippen LogP contribution is 2.07. The Labute approximate surface area is 290 Å². The van der Waals surface area contributed by atoms with E-state index in [2.05, 4.69) is 50.5 Å². The van der Waals surface area contributed by atoms with Crippen molar-refractivity contribution < 1.29 is 47.7 Å². The molecule has 0 rings (SSSR count). The van der Waals surface area contributed by atoms with Gasteiger partial charge in [-0.25, -0.2) is 24.0 Å². The summed E-state index contributed by atoms with van der Waals surface area (Å²) >= 11 is 4.75. The molecular formula is C31H59ClN6O10. The predicted octanol–water partition coefficient (Wildman–Crippen LogP) is 4.46. The number of hydrogen-bond donors (Lipinski definition) is 6. The fourth-order valence-corrected chi connectivity index (χ4v) is 2.16. The third-order valence-corrected chi connectivity index (χ3v) is 4.09. The van der Waals surface area contributed by atoms with Crippen molar-refractivity contribution in [1.29, 1.82) is 0 Å². The van der Waals surface area contributed by atoms with Crippen molar-refractivity contribution >= 4 is 41.4 Å². The van der Waals surface area contributed by atoms with Gasteiger partial charge in [0.1, 0.15) is 31.0 Å². The number of nitrogens with two attached hydrogens (primary N) is 2. The molecule has 0 aliphatic carbocycles. The van der Waals surface area contributed by atoms with Gasteiger partial charge in [0, 0.05) is 49.4 Å². The van der Waals surface area contributed by atoms with E-state index in [1.165, 1.54) is 18.2 Å². The Morgan fingerprint density at radius 1 is 0.667 bits per heavy atom. The minimum absolute atomic E-state index is 0.0440. The predicted molar refractivity (Wildman–Crippen MR) is 187 cm³/mol. The van der Waals surface area contributed by atoms with Crippen LogP contribution >= 0.6 is 11.6 Å². The van der Waals surface area contributed by atoms with Gasteiger partial charge < -0.3 is 56.4 Å². The fraction of sp³-hybridized carbons (Fsp3) is 0.645. The molecule has 0 radical (unpaired) electrons. The van der Waals surface area contributed by atoms with Crippen molar-refractivity contribution in [1.82, 2.24) is 21.3 Å². The number of alkyl carbamates (subject to hydrolysis) is 4. The molecule has 8 N–H and O–H groups in total. The van der Waals surface area contributed by atoms with E-state index in [0.717, 1.165) is 0 Å². The molecule has 0 aromatic rings. The first-order valence-corrected chi connectivity index (χ1v) is 15.3. The molecule has 0 aromatic heterocycles. The van der Waals surface area contributed by atoms with Crippen molar-refractivity contribution in [3.8, 4) is 0 Å². The molecule has 0 aromatic carbocycles. The summed E-state index contributed by atoms with van der Waals surface area (Å²) in [5.74, 6) is 0.